The van der Waals surface area contributed by atoms with Crippen LogP contribution >= 0.6 is 15.9 Å². The van der Waals surface area contributed by atoms with Crippen molar-refractivity contribution in [2.24, 2.45) is 0 Å². The van der Waals surface area contributed by atoms with Crippen LogP contribution in [0.25, 0.3) is 11.0 Å². The van der Waals surface area contributed by atoms with E-state index >= 15 is 0 Å². The molecule has 1 aliphatic carbocycles. The van der Waals surface area contributed by atoms with Crippen LogP contribution in [0, 0.1) is 0 Å². The summed E-state index contributed by atoms with van der Waals surface area (Å²) < 4.78 is 68.0. The summed E-state index contributed by atoms with van der Waals surface area (Å²) in [6.07, 6.45) is -0.0769. The van der Waals surface area contributed by atoms with Crippen molar-refractivity contribution in [2.75, 3.05) is 0 Å². The first-order valence-electron chi connectivity index (χ1n) is 8.34. The molecule has 1 atom stereocenters. The van der Waals surface area contributed by atoms with Crippen molar-refractivity contribution in [1.82, 2.24) is 19.9 Å². The van der Waals surface area contributed by atoms with Crippen molar-refractivity contribution in [3.8, 4) is 0 Å². The van der Waals surface area contributed by atoms with Gasteiger partial charge in [0.05, 0.1) is 16.7 Å². The average molecular weight is 475 g/mol. The number of halogens is 4. The Hall–Kier alpha value is -1.98. The predicted molar refractivity (Wildman–Crippen MR) is 99.2 cm³/mol. The van der Waals surface area contributed by atoms with E-state index < -0.39 is 32.7 Å². The topological polar surface area (TPSA) is 87.7 Å². The van der Waals surface area contributed by atoms with Gasteiger partial charge < -0.3 is 0 Å². The second kappa shape index (κ2) is 6.82. The number of aryl methyl sites for hydroxylation is 1. The van der Waals surface area contributed by atoms with E-state index in [0.717, 1.165) is 28.6 Å². The second-order valence-electron chi connectivity index (χ2n) is 6.59. The number of H-pyrrole nitrogens is 1. The minimum absolute atomic E-state index is 0.153. The van der Waals surface area contributed by atoms with Crippen LogP contribution in [-0.4, -0.2) is 29.6 Å². The molecule has 6 nitrogen and oxygen atoms in total. The first kappa shape index (κ1) is 19.3. The van der Waals surface area contributed by atoms with Gasteiger partial charge in [-0.25, -0.2) is 18.1 Å². The highest BCUT2D eigenvalue weighted by Gasteiger charge is 2.38. The lowest BCUT2D eigenvalue weighted by Crippen LogP contribution is -2.39. The molecule has 0 bridgehead atoms. The van der Waals surface area contributed by atoms with Crippen molar-refractivity contribution >= 4 is 37.0 Å². The molecule has 0 spiro atoms. The quantitative estimate of drug-likeness (QED) is 0.607. The predicted octanol–water partition coefficient (Wildman–Crippen LogP) is 3.58. The number of aromatic amines is 1. The van der Waals surface area contributed by atoms with E-state index in [1.54, 1.807) is 12.4 Å². The van der Waals surface area contributed by atoms with Crippen molar-refractivity contribution < 1.29 is 21.6 Å². The van der Waals surface area contributed by atoms with E-state index in [2.05, 4.69) is 35.8 Å². The van der Waals surface area contributed by atoms with E-state index in [9.17, 15) is 21.6 Å². The largest absolute Gasteiger partial charge is 0.417 e. The molecular weight excluding hydrogens is 461 g/mol. The molecule has 4 rings (SSSR count). The zero-order chi connectivity index (χ0) is 20.1. The summed E-state index contributed by atoms with van der Waals surface area (Å²) in [6.45, 7) is 0. The minimum atomic E-state index is -4.79. The Kier molecular flexibility index (Phi) is 4.71. The number of nitrogens with zero attached hydrogens (tertiary/aromatic N) is 2. The number of aromatic nitrogens is 3. The third-order valence-electron chi connectivity index (χ3n) is 4.75. The molecular formula is C17H14BrF3N4O2S. The van der Waals surface area contributed by atoms with Crippen LogP contribution in [0.3, 0.4) is 0 Å². The summed E-state index contributed by atoms with van der Waals surface area (Å²) >= 11 is 2.96. The first-order valence-corrected chi connectivity index (χ1v) is 10.6. The molecule has 2 N–H and O–H groups in total. The standard InChI is InChI=1S/C17H14BrF3N4O2S/c18-10-1-4-15(14(6-10)17(19,20)21)28(26,27)25-11-2-3-12-9(5-11)7-22-16-13(12)8-23-24-16/h1,4,6-8,11,25H,2-3,5H2,(H,22,23,24). The van der Waals surface area contributed by atoms with Gasteiger partial charge in [-0.1, -0.05) is 15.9 Å². The molecule has 1 aliphatic rings. The summed E-state index contributed by atoms with van der Waals surface area (Å²) in [4.78, 5) is 3.47. The van der Waals surface area contributed by atoms with E-state index in [0.29, 0.717) is 24.9 Å². The number of sulfonamides is 1. The Bertz CT molecular complexity index is 1160. The molecule has 0 amide bonds. The third kappa shape index (κ3) is 3.53. The number of fused-ring (bicyclic) bond motifs is 3. The van der Waals surface area contributed by atoms with Crippen molar-refractivity contribution in [2.45, 2.75) is 36.4 Å². The molecule has 0 aliphatic heterocycles. The Labute approximate surface area is 166 Å². The number of hydrogen-bond donors (Lipinski definition) is 2. The lowest BCUT2D eigenvalue weighted by atomic mass is 9.88. The summed E-state index contributed by atoms with van der Waals surface area (Å²) in [5, 5.41) is 7.62. The molecule has 1 unspecified atom stereocenters. The maximum absolute atomic E-state index is 13.3. The van der Waals surface area contributed by atoms with E-state index in [4.69, 9.17) is 0 Å². The van der Waals surface area contributed by atoms with Crippen LogP contribution in [0.1, 0.15) is 23.1 Å². The van der Waals surface area contributed by atoms with Crippen molar-refractivity contribution in [3.05, 3.63) is 51.8 Å². The molecule has 0 fully saturated rings. The van der Waals surface area contributed by atoms with Gasteiger partial charge in [-0.05, 0) is 48.6 Å². The molecule has 148 valence electrons. The van der Waals surface area contributed by atoms with Crippen molar-refractivity contribution in [3.63, 3.8) is 0 Å². The number of benzene rings is 1. The lowest BCUT2D eigenvalue weighted by Gasteiger charge is -2.26. The number of alkyl halides is 3. The molecule has 2 aromatic heterocycles. The van der Waals surface area contributed by atoms with Crippen molar-refractivity contribution in [1.29, 1.82) is 0 Å². The number of nitrogens with one attached hydrogen (secondary N) is 2. The number of hydrogen-bond acceptors (Lipinski definition) is 4. The van der Waals surface area contributed by atoms with E-state index in [1.807, 2.05) is 0 Å². The number of pyridine rings is 1. The fourth-order valence-electron chi connectivity index (χ4n) is 3.49. The van der Waals surface area contributed by atoms with Gasteiger partial charge in [-0.2, -0.15) is 18.3 Å². The maximum atomic E-state index is 13.3. The summed E-state index contributed by atoms with van der Waals surface area (Å²) in [5.41, 5.74) is 1.35. The van der Waals surface area contributed by atoms with E-state index in [-0.39, 0.29) is 4.47 Å². The monoisotopic (exact) mass is 474 g/mol. The normalized spacial score (nSPS) is 17.6. The first-order chi connectivity index (χ1) is 13.1. The highest BCUT2D eigenvalue weighted by atomic mass is 79.9. The molecule has 0 radical (unpaired) electrons. The van der Waals surface area contributed by atoms with Gasteiger partial charge in [0.25, 0.3) is 0 Å². The zero-order valence-corrected chi connectivity index (χ0v) is 16.6. The molecule has 0 saturated carbocycles. The van der Waals surface area contributed by atoms with Gasteiger partial charge in [0, 0.05) is 22.1 Å². The smallest absolute Gasteiger partial charge is 0.261 e. The Morgan fingerprint density at radius 2 is 2.04 bits per heavy atom. The Morgan fingerprint density at radius 1 is 1.25 bits per heavy atom. The number of rotatable bonds is 3. The molecule has 28 heavy (non-hydrogen) atoms. The average Bonchev–Trinajstić information content (AvgIpc) is 3.09. The molecule has 2 heterocycles. The highest BCUT2D eigenvalue weighted by molar-refractivity contribution is 9.10. The van der Waals surface area contributed by atoms with Crippen LogP contribution < -0.4 is 4.72 Å². The van der Waals surface area contributed by atoms with E-state index in [1.165, 1.54) is 6.07 Å². The maximum Gasteiger partial charge on any atom is 0.417 e. The fraction of sp³-hybridized carbons (Fsp3) is 0.294. The fourth-order valence-corrected chi connectivity index (χ4v) is 5.33. The SMILES string of the molecule is O=S(=O)(NC1CCc2c(cnc3[nH]ncc23)C1)c1ccc(Br)cc1C(F)(F)F. The van der Waals surface area contributed by atoms with Crippen LogP contribution in [0.15, 0.2) is 40.0 Å². The van der Waals surface area contributed by atoms with Gasteiger partial charge in [0.1, 0.15) is 0 Å². The van der Waals surface area contributed by atoms with Crippen LogP contribution in [0.4, 0.5) is 13.2 Å². The minimum Gasteiger partial charge on any atom is -0.261 e. The van der Waals surface area contributed by atoms with Gasteiger partial charge in [-0.15, -0.1) is 0 Å². The molecule has 0 saturated heterocycles. The summed E-state index contributed by atoms with van der Waals surface area (Å²) in [5.74, 6) is 0. The van der Waals surface area contributed by atoms with Gasteiger partial charge in [0.15, 0.2) is 5.65 Å². The lowest BCUT2D eigenvalue weighted by molar-refractivity contribution is -0.139. The third-order valence-corrected chi connectivity index (χ3v) is 6.82. The molecule has 1 aromatic carbocycles. The summed E-state index contributed by atoms with van der Waals surface area (Å²) in [6, 6.07) is 2.49. The van der Waals surface area contributed by atoms with Gasteiger partial charge >= 0.3 is 6.18 Å². The van der Waals surface area contributed by atoms with Crippen LogP contribution in [0.5, 0.6) is 0 Å². The van der Waals surface area contributed by atoms with Crippen LogP contribution in [-0.2, 0) is 29.0 Å². The molecule has 3 aromatic rings. The molecule has 11 heteroatoms. The zero-order valence-electron chi connectivity index (χ0n) is 14.2. The highest BCUT2D eigenvalue weighted by Crippen LogP contribution is 2.36. The Morgan fingerprint density at radius 3 is 2.79 bits per heavy atom. The van der Waals surface area contributed by atoms with Crippen LogP contribution in [0.2, 0.25) is 0 Å². The summed E-state index contributed by atoms with van der Waals surface area (Å²) in [7, 11) is -4.35. The Balaban J connectivity index is 1.63. The van der Waals surface area contributed by atoms with Gasteiger partial charge in [-0.3, -0.25) is 5.10 Å². The van der Waals surface area contributed by atoms with Gasteiger partial charge in [0.2, 0.25) is 10.0 Å². The second-order valence-corrected chi connectivity index (χ2v) is 9.19.